The molecule has 1 fully saturated rings. The SMILES string of the molecule is CCN1CCCc2nc3ccccc3c(C3CCCCC3)c2C1. The van der Waals surface area contributed by atoms with Gasteiger partial charge in [-0.2, -0.15) is 0 Å². The molecule has 0 atom stereocenters. The fourth-order valence-corrected chi connectivity index (χ4v) is 4.61. The summed E-state index contributed by atoms with van der Waals surface area (Å²) in [4.78, 5) is 7.68. The predicted octanol–water partition coefficient (Wildman–Crippen LogP) is 5.05. The number of fused-ring (bicyclic) bond motifs is 2. The van der Waals surface area contributed by atoms with Gasteiger partial charge in [0.25, 0.3) is 0 Å². The third kappa shape index (κ3) is 2.89. The maximum absolute atomic E-state index is 5.07. The van der Waals surface area contributed by atoms with E-state index in [2.05, 4.69) is 36.1 Å². The van der Waals surface area contributed by atoms with Gasteiger partial charge in [-0.25, -0.2) is 0 Å². The van der Waals surface area contributed by atoms with Crippen LogP contribution in [-0.4, -0.2) is 23.0 Å². The van der Waals surface area contributed by atoms with Crippen molar-refractivity contribution in [3.63, 3.8) is 0 Å². The minimum atomic E-state index is 0.752. The number of aryl methyl sites for hydroxylation is 1. The van der Waals surface area contributed by atoms with Crippen LogP contribution in [0.15, 0.2) is 24.3 Å². The van der Waals surface area contributed by atoms with Gasteiger partial charge in [-0.05, 0) is 61.9 Å². The maximum atomic E-state index is 5.07. The minimum Gasteiger partial charge on any atom is -0.299 e. The summed E-state index contributed by atoms with van der Waals surface area (Å²) in [6.07, 6.45) is 9.34. The first kappa shape index (κ1) is 15.1. The van der Waals surface area contributed by atoms with Crippen LogP contribution in [0.2, 0.25) is 0 Å². The van der Waals surface area contributed by atoms with Gasteiger partial charge in [0.2, 0.25) is 0 Å². The number of aromatic nitrogens is 1. The van der Waals surface area contributed by atoms with Crippen molar-refractivity contribution in [1.29, 1.82) is 0 Å². The minimum absolute atomic E-state index is 0.752. The van der Waals surface area contributed by atoms with Gasteiger partial charge in [0.05, 0.1) is 5.52 Å². The highest BCUT2D eigenvalue weighted by Gasteiger charge is 2.26. The van der Waals surface area contributed by atoms with Crippen LogP contribution >= 0.6 is 0 Å². The summed E-state index contributed by atoms with van der Waals surface area (Å²) in [5, 5.41) is 1.43. The van der Waals surface area contributed by atoms with Gasteiger partial charge < -0.3 is 0 Å². The van der Waals surface area contributed by atoms with E-state index in [0.29, 0.717) is 0 Å². The fraction of sp³-hybridized carbons (Fsp3) is 0.571. The highest BCUT2D eigenvalue weighted by molar-refractivity contribution is 5.84. The topological polar surface area (TPSA) is 16.1 Å². The monoisotopic (exact) mass is 308 g/mol. The smallest absolute Gasteiger partial charge is 0.0708 e. The standard InChI is InChI=1S/C21H28N2/c1-2-23-14-8-13-20-18(15-23)21(16-9-4-3-5-10-16)17-11-6-7-12-19(17)22-20/h6-7,11-12,16H,2-5,8-10,13-15H2,1H3. The summed E-state index contributed by atoms with van der Waals surface area (Å²) >= 11 is 0. The van der Waals surface area contributed by atoms with Crippen LogP contribution in [-0.2, 0) is 13.0 Å². The lowest BCUT2D eigenvalue weighted by Gasteiger charge is -2.28. The molecule has 4 rings (SSSR count). The molecule has 2 aromatic rings. The fourth-order valence-electron chi connectivity index (χ4n) is 4.61. The van der Waals surface area contributed by atoms with Crippen LogP contribution in [0, 0.1) is 0 Å². The molecule has 1 aliphatic carbocycles. The zero-order valence-corrected chi connectivity index (χ0v) is 14.4. The number of pyridine rings is 1. The Labute approximate surface area is 139 Å². The second-order valence-corrected chi connectivity index (χ2v) is 7.28. The van der Waals surface area contributed by atoms with Crippen molar-refractivity contribution in [1.82, 2.24) is 9.88 Å². The Bertz CT molecular complexity index is 686. The van der Waals surface area contributed by atoms with E-state index in [-0.39, 0.29) is 0 Å². The summed E-state index contributed by atoms with van der Waals surface area (Å²) in [7, 11) is 0. The highest BCUT2D eigenvalue weighted by Crippen LogP contribution is 2.40. The molecule has 1 aromatic heterocycles. The van der Waals surface area contributed by atoms with E-state index in [4.69, 9.17) is 4.98 Å². The van der Waals surface area contributed by atoms with Crippen molar-refractivity contribution in [2.75, 3.05) is 13.1 Å². The Kier molecular flexibility index (Phi) is 4.35. The summed E-state index contributed by atoms with van der Waals surface area (Å²) in [5.41, 5.74) is 5.84. The van der Waals surface area contributed by atoms with Gasteiger partial charge in [-0.3, -0.25) is 9.88 Å². The summed E-state index contributed by atoms with van der Waals surface area (Å²) < 4.78 is 0. The van der Waals surface area contributed by atoms with Gasteiger partial charge in [-0.1, -0.05) is 44.4 Å². The van der Waals surface area contributed by atoms with Gasteiger partial charge in [0.1, 0.15) is 0 Å². The van der Waals surface area contributed by atoms with Crippen LogP contribution < -0.4 is 0 Å². The summed E-state index contributed by atoms with van der Waals surface area (Å²) in [5.74, 6) is 0.752. The second-order valence-electron chi connectivity index (χ2n) is 7.28. The normalized spacial score (nSPS) is 20.4. The molecular weight excluding hydrogens is 280 g/mol. The molecule has 122 valence electrons. The molecule has 23 heavy (non-hydrogen) atoms. The molecule has 0 amide bonds. The Morgan fingerprint density at radius 3 is 2.74 bits per heavy atom. The molecule has 1 saturated carbocycles. The number of rotatable bonds is 2. The Balaban J connectivity index is 1.90. The molecule has 0 spiro atoms. The molecule has 0 radical (unpaired) electrons. The molecule has 1 aliphatic heterocycles. The third-order valence-corrected chi connectivity index (χ3v) is 5.85. The Morgan fingerprint density at radius 2 is 1.91 bits per heavy atom. The van der Waals surface area contributed by atoms with Gasteiger partial charge in [0, 0.05) is 17.6 Å². The van der Waals surface area contributed by atoms with Gasteiger partial charge in [-0.15, -0.1) is 0 Å². The zero-order valence-electron chi connectivity index (χ0n) is 14.4. The van der Waals surface area contributed by atoms with Gasteiger partial charge in [0.15, 0.2) is 0 Å². The largest absolute Gasteiger partial charge is 0.299 e. The number of para-hydroxylation sites is 1. The average Bonchev–Trinajstić information content (AvgIpc) is 2.82. The molecule has 2 aliphatic rings. The van der Waals surface area contributed by atoms with Gasteiger partial charge >= 0.3 is 0 Å². The average molecular weight is 308 g/mol. The lowest BCUT2D eigenvalue weighted by Crippen LogP contribution is -2.24. The van der Waals surface area contributed by atoms with Crippen molar-refractivity contribution in [3.05, 3.63) is 41.1 Å². The van der Waals surface area contributed by atoms with E-state index in [1.54, 1.807) is 11.1 Å². The lowest BCUT2D eigenvalue weighted by molar-refractivity contribution is 0.283. The van der Waals surface area contributed by atoms with Crippen LogP contribution in [0.4, 0.5) is 0 Å². The number of benzene rings is 1. The first-order chi connectivity index (χ1) is 11.4. The van der Waals surface area contributed by atoms with Crippen molar-refractivity contribution in [3.8, 4) is 0 Å². The molecule has 0 unspecified atom stereocenters. The first-order valence-electron chi connectivity index (χ1n) is 9.49. The van der Waals surface area contributed by atoms with Crippen LogP contribution in [0.3, 0.4) is 0 Å². The maximum Gasteiger partial charge on any atom is 0.0708 e. The Hall–Kier alpha value is -1.41. The lowest BCUT2D eigenvalue weighted by atomic mass is 9.80. The molecular formula is C21H28N2. The molecule has 0 N–H and O–H groups in total. The van der Waals surface area contributed by atoms with E-state index in [1.807, 2.05) is 0 Å². The number of hydrogen-bond donors (Lipinski definition) is 0. The summed E-state index contributed by atoms with van der Waals surface area (Å²) in [6.45, 7) is 5.76. The van der Waals surface area contributed by atoms with E-state index in [9.17, 15) is 0 Å². The van der Waals surface area contributed by atoms with Crippen molar-refractivity contribution in [2.24, 2.45) is 0 Å². The van der Waals surface area contributed by atoms with E-state index in [1.165, 1.54) is 61.7 Å². The molecule has 1 aromatic carbocycles. The van der Waals surface area contributed by atoms with Crippen LogP contribution in [0.1, 0.15) is 68.2 Å². The molecule has 2 nitrogen and oxygen atoms in total. The Morgan fingerprint density at radius 1 is 1.09 bits per heavy atom. The summed E-state index contributed by atoms with van der Waals surface area (Å²) in [6, 6.07) is 8.86. The predicted molar refractivity (Wildman–Crippen MR) is 96.8 cm³/mol. The molecule has 0 bridgehead atoms. The highest BCUT2D eigenvalue weighted by atomic mass is 15.1. The zero-order chi connectivity index (χ0) is 15.6. The molecule has 2 heteroatoms. The van der Waals surface area contributed by atoms with Crippen molar-refractivity contribution < 1.29 is 0 Å². The van der Waals surface area contributed by atoms with Crippen molar-refractivity contribution >= 4 is 10.9 Å². The van der Waals surface area contributed by atoms with E-state index in [0.717, 1.165) is 25.4 Å². The van der Waals surface area contributed by atoms with E-state index < -0.39 is 0 Å². The molecule has 2 heterocycles. The number of nitrogens with zero attached hydrogens (tertiary/aromatic N) is 2. The molecule has 0 saturated heterocycles. The van der Waals surface area contributed by atoms with Crippen LogP contribution in [0.5, 0.6) is 0 Å². The van der Waals surface area contributed by atoms with E-state index >= 15 is 0 Å². The second kappa shape index (κ2) is 6.60. The van der Waals surface area contributed by atoms with Crippen molar-refractivity contribution in [2.45, 2.75) is 64.3 Å². The third-order valence-electron chi connectivity index (χ3n) is 5.85. The van der Waals surface area contributed by atoms with Crippen LogP contribution in [0.25, 0.3) is 10.9 Å². The number of hydrogen-bond acceptors (Lipinski definition) is 2. The first-order valence-corrected chi connectivity index (χ1v) is 9.49. The quantitative estimate of drug-likeness (QED) is 0.771.